The van der Waals surface area contributed by atoms with E-state index in [0.29, 0.717) is 37.6 Å². The summed E-state index contributed by atoms with van der Waals surface area (Å²) in [7, 11) is -2.36. The first-order valence-corrected chi connectivity index (χ1v) is 15.5. The average Bonchev–Trinajstić information content (AvgIpc) is 3.00. The Morgan fingerprint density at radius 1 is 0.905 bits per heavy atom. The number of sulfonamides is 1. The molecule has 3 aromatic carbocycles. The van der Waals surface area contributed by atoms with Gasteiger partial charge in [0.25, 0.3) is 0 Å². The molecule has 2 N–H and O–H groups in total. The lowest BCUT2D eigenvalue weighted by atomic mass is 10.1. The van der Waals surface area contributed by atoms with Crippen molar-refractivity contribution in [3.8, 4) is 5.75 Å². The summed E-state index contributed by atoms with van der Waals surface area (Å²) in [6, 6.07) is 21.6. The average molecular weight is 595 g/mol. The van der Waals surface area contributed by atoms with Crippen LogP contribution in [-0.2, 0) is 24.3 Å². The number of nitrogens with zero attached hydrogens (tertiary/aromatic N) is 2. The van der Waals surface area contributed by atoms with Crippen molar-refractivity contribution in [2.75, 3.05) is 55.0 Å². The molecule has 224 valence electrons. The number of nitrogens with one attached hydrogen (secondary N) is 2. The number of hydrogen-bond acceptors (Lipinski definition) is 8. The summed E-state index contributed by atoms with van der Waals surface area (Å²) in [4.78, 5) is 28.6. The van der Waals surface area contributed by atoms with Gasteiger partial charge in [-0.2, -0.15) is 0 Å². The van der Waals surface area contributed by atoms with Gasteiger partial charge >= 0.3 is 5.97 Å². The fourth-order valence-electron chi connectivity index (χ4n) is 4.85. The smallest absolute Gasteiger partial charge is 0.306 e. The van der Waals surface area contributed by atoms with Gasteiger partial charge in [-0.25, -0.2) is 13.1 Å². The van der Waals surface area contributed by atoms with E-state index in [9.17, 15) is 18.0 Å². The molecular weight excluding hydrogens is 556 g/mol. The zero-order chi connectivity index (χ0) is 30.1. The molecule has 0 spiro atoms. The Morgan fingerprint density at radius 2 is 1.57 bits per heavy atom. The van der Waals surface area contributed by atoms with E-state index < -0.39 is 27.9 Å². The predicted molar refractivity (Wildman–Crippen MR) is 164 cm³/mol. The number of carbonyl (C=O) groups excluding carboxylic acids is 2. The van der Waals surface area contributed by atoms with Crippen molar-refractivity contribution in [2.24, 2.45) is 0 Å². The standard InChI is InChI=1S/C31H38N4O6S/c1-4-41-31(37)17-16-30(36)32-25-10-15-28(29(22-25)42(38,39)33-23(2)24-8-6-5-7-9-24)35-20-18-34(19-21-35)26-11-13-27(40-3)14-12-26/h5-15,22-23,33H,4,16-21H2,1-3H3,(H,32,36)/t23-/m1/s1. The van der Waals surface area contributed by atoms with Crippen LogP contribution in [-0.4, -0.2) is 60.2 Å². The van der Waals surface area contributed by atoms with Gasteiger partial charge in [0.15, 0.2) is 0 Å². The number of carbonyl (C=O) groups is 2. The minimum Gasteiger partial charge on any atom is -0.497 e. The minimum absolute atomic E-state index is 0.0580. The molecule has 3 aromatic rings. The topological polar surface area (TPSA) is 117 Å². The molecule has 42 heavy (non-hydrogen) atoms. The highest BCUT2D eigenvalue weighted by molar-refractivity contribution is 7.89. The lowest BCUT2D eigenvalue weighted by Crippen LogP contribution is -2.47. The molecule has 1 aliphatic heterocycles. The second-order valence-electron chi connectivity index (χ2n) is 9.96. The molecule has 0 aliphatic carbocycles. The quantitative estimate of drug-likeness (QED) is 0.298. The third-order valence-electron chi connectivity index (χ3n) is 7.08. The molecule has 1 aliphatic rings. The van der Waals surface area contributed by atoms with Crippen molar-refractivity contribution >= 4 is 39.0 Å². The Labute approximate surface area is 247 Å². The molecule has 1 amide bonds. The number of amides is 1. The second-order valence-corrected chi connectivity index (χ2v) is 11.6. The predicted octanol–water partition coefficient (Wildman–Crippen LogP) is 4.34. The highest BCUT2D eigenvalue weighted by Crippen LogP contribution is 2.31. The maximum absolute atomic E-state index is 13.8. The SMILES string of the molecule is CCOC(=O)CCC(=O)Nc1ccc(N2CCN(c3ccc(OC)cc3)CC2)c(S(=O)(=O)N[C@H](C)c2ccccc2)c1. The van der Waals surface area contributed by atoms with Crippen molar-refractivity contribution in [3.05, 3.63) is 78.4 Å². The molecule has 1 fully saturated rings. The van der Waals surface area contributed by atoms with E-state index in [1.54, 1.807) is 33.1 Å². The zero-order valence-corrected chi connectivity index (χ0v) is 25.0. The number of benzene rings is 3. The maximum Gasteiger partial charge on any atom is 0.306 e. The lowest BCUT2D eigenvalue weighted by Gasteiger charge is -2.38. The Morgan fingerprint density at radius 3 is 2.21 bits per heavy atom. The maximum atomic E-state index is 13.8. The van der Waals surface area contributed by atoms with Gasteiger partial charge < -0.3 is 24.6 Å². The highest BCUT2D eigenvalue weighted by atomic mass is 32.2. The number of methoxy groups -OCH3 is 1. The first kappa shape index (κ1) is 30.9. The molecule has 0 saturated carbocycles. The minimum atomic E-state index is -4.00. The van der Waals surface area contributed by atoms with Crippen LogP contribution >= 0.6 is 0 Å². The molecule has 1 heterocycles. The molecule has 1 saturated heterocycles. The van der Waals surface area contributed by atoms with E-state index in [2.05, 4.69) is 14.9 Å². The molecule has 0 radical (unpaired) electrons. The highest BCUT2D eigenvalue weighted by Gasteiger charge is 2.27. The Hall–Kier alpha value is -4.09. The van der Waals surface area contributed by atoms with Crippen molar-refractivity contribution in [3.63, 3.8) is 0 Å². The fourth-order valence-corrected chi connectivity index (χ4v) is 6.33. The molecule has 4 rings (SSSR count). The van der Waals surface area contributed by atoms with Crippen LogP contribution in [0.1, 0.15) is 38.3 Å². The van der Waals surface area contributed by atoms with Crippen LogP contribution < -0.4 is 24.6 Å². The largest absolute Gasteiger partial charge is 0.497 e. The second kappa shape index (κ2) is 14.2. The van der Waals surface area contributed by atoms with Gasteiger partial charge in [0.2, 0.25) is 15.9 Å². The number of rotatable bonds is 12. The van der Waals surface area contributed by atoms with Crippen LogP contribution in [0.25, 0.3) is 0 Å². The zero-order valence-electron chi connectivity index (χ0n) is 24.2. The van der Waals surface area contributed by atoms with Gasteiger partial charge in [-0.15, -0.1) is 0 Å². The number of anilines is 3. The Balaban J connectivity index is 1.55. The van der Waals surface area contributed by atoms with Gasteiger partial charge in [0, 0.05) is 50.0 Å². The van der Waals surface area contributed by atoms with Crippen LogP contribution in [0.4, 0.5) is 17.1 Å². The Bertz CT molecular complexity index is 1460. The van der Waals surface area contributed by atoms with Crippen LogP contribution in [0.2, 0.25) is 0 Å². The molecule has 0 aromatic heterocycles. The number of hydrogen-bond donors (Lipinski definition) is 2. The van der Waals surface area contributed by atoms with Crippen molar-refractivity contribution in [2.45, 2.75) is 37.6 Å². The normalized spacial score (nSPS) is 14.3. The van der Waals surface area contributed by atoms with E-state index >= 15 is 0 Å². The molecule has 11 heteroatoms. The van der Waals surface area contributed by atoms with Gasteiger partial charge in [-0.1, -0.05) is 30.3 Å². The number of piperazine rings is 1. The monoisotopic (exact) mass is 594 g/mol. The van der Waals surface area contributed by atoms with E-state index in [4.69, 9.17) is 9.47 Å². The number of ether oxygens (including phenoxy) is 2. The fraction of sp³-hybridized carbons (Fsp3) is 0.355. The van der Waals surface area contributed by atoms with Gasteiger partial charge in [0.1, 0.15) is 10.6 Å². The summed E-state index contributed by atoms with van der Waals surface area (Å²) < 4.78 is 40.6. The summed E-state index contributed by atoms with van der Waals surface area (Å²) in [5.74, 6) is -0.0745. The summed E-state index contributed by atoms with van der Waals surface area (Å²) in [5, 5.41) is 2.73. The van der Waals surface area contributed by atoms with Crippen LogP contribution in [0, 0.1) is 0 Å². The third kappa shape index (κ3) is 8.01. The third-order valence-corrected chi connectivity index (χ3v) is 8.65. The molecule has 0 bridgehead atoms. The first-order chi connectivity index (χ1) is 20.2. The molecule has 0 unspecified atom stereocenters. The van der Waals surface area contributed by atoms with Crippen molar-refractivity contribution in [1.29, 1.82) is 0 Å². The first-order valence-electron chi connectivity index (χ1n) is 14.0. The van der Waals surface area contributed by atoms with E-state index in [0.717, 1.165) is 17.0 Å². The lowest BCUT2D eigenvalue weighted by molar-refractivity contribution is -0.144. The molecule has 1 atom stereocenters. The van der Waals surface area contributed by atoms with E-state index in [1.807, 2.05) is 59.5 Å². The Kier molecular flexibility index (Phi) is 10.4. The van der Waals surface area contributed by atoms with Gasteiger partial charge in [0.05, 0.1) is 25.8 Å². The summed E-state index contributed by atoms with van der Waals surface area (Å²) >= 11 is 0. The van der Waals surface area contributed by atoms with Crippen LogP contribution in [0.5, 0.6) is 5.75 Å². The van der Waals surface area contributed by atoms with Crippen LogP contribution in [0.15, 0.2) is 77.7 Å². The van der Waals surface area contributed by atoms with Crippen molar-refractivity contribution in [1.82, 2.24) is 4.72 Å². The van der Waals surface area contributed by atoms with Gasteiger partial charge in [-0.3, -0.25) is 9.59 Å². The molecule has 10 nitrogen and oxygen atoms in total. The molecular formula is C31H38N4O6S. The number of esters is 1. The summed E-state index contributed by atoms with van der Waals surface area (Å²) in [5.41, 5.74) is 2.79. The van der Waals surface area contributed by atoms with E-state index in [1.165, 1.54) is 6.07 Å². The summed E-state index contributed by atoms with van der Waals surface area (Å²) in [6.45, 7) is 6.35. The van der Waals surface area contributed by atoms with E-state index in [-0.39, 0.29) is 24.3 Å². The van der Waals surface area contributed by atoms with Gasteiger partial charge in [-0.05, 0) is 61.9 Å². The summed E-state index contributed by atoms with van der Waals surface area (Å²) in [6.07, 6.45) is -0.128. The van der Waals surface area contributed by atoms with Crippen LogP contribution in [0.3, 0.4) is 0 Å². The van der Waals surface area contributed by atoms with Crippen molar-refractivity contribution < 1.29 is 27.5 Å².